The van der Waals surface area contributed by atoms with Gasteiger partial charge in [0.25, 0.3) is 0 Å². The molecule has 1 heterocycles. The van der Waals surface area contributed by atoms with Gasteiger partial charge in [-0.15, -0.1) is 0 Å². The average molecular weight is 318 g/mol. The highest BCUT2D eigenvalue weighted by Crippen LogP contribution is 2.22. The first-order valence-corrected chi connectivity index (χ1v) is 7.83. The molecule has 1 aliphatic heterocycles. The van der Waals surface area contributed by atoms with Crippen molar-refractivity contribution in [1.82, 2.24) is 9.80 Å². The highest BCUT2D eigenvalue weighted by Gasteiger charge is 2.36. The molecule has 124 valence electrons. The number of carboxylic acids is 1. The van der Waals surface area contributed by atoms with Crippen LogP contribution in [0.4, 0.5) is 0 Å². The molecule has 6 nitrogen and oxygen atoms in total. The highest BCUT2D eigenvalue weighted by molar-refractivity contribution is 5.90. The molecule has 1 fully saturated rings. The van der Waals surface area contributed by atoms with Crippen molar-refractivity contribution < 1.29 is 19.5 Å². The van der Waals surface area contributed by atoms with Crippen molar-refractivity contribution in [3.63, 3.8) is 0 Å². The SMILES string of the molecule is CCCN(CC(=O)O)C(=O)C1CC(=O)N(Cc2ccccc2)C1. The van der Waals surface area contributed by atoms with E-state index < -0.39 is 11.9 Å². The average Bonchev–Trinajstić information content (AvgIpc) is 2.88. The molecule has 1 N–H and O–H groups in total. The van der Waals surface area contributed by atoms with E-state index in [1.165, 1.54) is 4.90 Å². The van der Waals surface area contributed by atoms with Gasteiger partial charge in [-0.25, -0.2) is 0 Å². The third-order valence-electron chi connectivity index (χ3n) is 3.91. The number of aliphatic carboxylic acids is 1. The lowest BCUT2D eigenvalue weighted by Crippen LogP contribution is -2.41. The summed E-state index contributed by atoms with van der Waals surface area (Å²) in [5.41, 5.74) is 1.02. The Morgan fingerprint density at radius 1 is 1.30 bits per heavy atom. The minimum Gasteiger partial charge on any atom is -0.480 e. The molecule has 6 heteroatoms. The monoisotopic (exact) mass is 318 g/mol. The van der Waals surface area contributed by atoms with Crippen LogP contribution in [0, 0.1) is 5.92 Å². The summed E-state index contributed by atoms with van der Waals surface area (Å²) < 4.78 is 0. The van der Waals surface area contributed by atoms with Crippen molar-refractivity contribution in [2.24, 2.45) is 5.92 Å². The van der Waals surface area contributed by atoms with Gasteiger partial charge in [-0.2, -0.15) is 0 Å². The van der Waals surface area contributed by atoms with Crippen LogP contribution in [0.1, 0.15) is 25.3 Å². The van der Waals surface area contributed by atoms with Crippen LogP contribution in [0.25, 0.3) is 0 Å². The van der Waals surface area contributed by atoms with E-state index in [4.69, 9.17) is 5.11 Å². The van der Waals surface area contributed by atoms with E-state index in [-0.39, 0.29) is 24.8 Å². The quantitative estimate of drug-likeness (QED) is 0.823. The van der Waals surface area contributed by atoms with Gasteiger partial charge in [0.05, 0.1) is 5.92 Å². The maximum atomic E-state index is 12.5. The zero-order valence-electron chi connectivity index (χ0n) is 13.3. The summed E-state index contributed by atoms with van der Waals surface area (Å²) in [6.45, 7) is 2.82. The Hall–Kier alpha value is -2.37. The molecule has 1 atom stereocenters. The third kappa shape index (κ3) is 4.55. The Morgan fingerprint density at radius 2 is 2.00 bits per heavy atom. The Bertz CT molecular complexity index is 573. The number of likely N-dealkylation sites (tertiary alicyclic amines) is 1. The van der Waals surface area contributed by atoms with Gasteiger partial charge in [0.1, 0.15) is 6.54 Å². The minimum atomic E-state index is -1.03. The van der Waals surface area contributed by atoms with Crippen molar-refractivity contribution in [2.45, 2.75) is 26.3 Å². The topological polar surface area (TPSA) is 77.9 Å². The summed E-state index contributed by atoms with van der Waals surface area (Å²) in [7, 11) is 0. The summed E-state index contributed by atoms with van der Waals surface area (Å²) in [6.07, 6.45) is 0.846. The van der Waals surface area contributed by atoms with E-state index in [1.807, 2.05) is 37.3 Å². The van der Waals surface area contributed by atoms with Crippen LogP contribution in [-0.2, 0) is 20.9 Å². The van der Waals surface area contributed by atoms with Crippen LogP contribution in [0.2, 0.25) is 0 Å². The van der Waals surface area contributed by atoms with Crippen molar-refractivity contribution in [1.29, 1.82) is 0 Å². The fourth-order valence-corrected chi connectivity index (χ4v) is 2.85. The van der Waals surface area contributed by atoms with Gasteiger partial charge in [0.15, 0.2) is 0 Å². The number of carbonyl (C=O) groups excluding carboxylic acids is 2. The number of hydrogen-bond acceptors (Lipinski definition) is 3. The van der Waals surface area contributed by atoms with Gasteiger partial charge in [-0.3, -0.25) is 14.4 Å². The largest absolute Gasteiger partial charge is 0.480 e. The predicted octanol–water partition coefficient (Wildman–Crippen LogP) is 1.36. The number of benzene rings is 1. The van der Waals surface area contributed by atoms with E-state index in [1.54, 1.807) is 4.90 Å². The summed E-state index contributed by atoms with van der Waals surface area (Å²) in [6, 6.07) is 9.62. The Labute approximate surface area is 135 Å². The van der Waals surface area contributed by atoms with Gasteiger partial charge in [0, 0.05) is 26.1 Å². The second-order valence-electron chi connectivity index (χ2n) is 5.81. The fourth-order valence-electron chi connectivity index (χ4n) is 2.85. The lowest BCUT2D eigenvalue weighted by Gasteiger charge is -2.23. The third-order valence-corrected chi connectivity index (χ3v) is 3.91. The minimum absolute atomic E-state index is 0.0565. The fraction of sp³-hybridized carbons (Fsp3) is 0.471. The first kappa shape index (κ1) is 17.0. The molecule has 0 radical (unpaired) electrons. The molecular formula is C17H22N2O4. The van der Waals surface area contributed by atoms with Crippen LogP contribution in [0.5, 0.6) is 0 Å². The standard InChI is InChI=1S/C17H22N2O4/c1-2-8-18(12-16(21)22)17(23)14-9-15(20)19(11-14)10-13-6-4-3-5-7-13/h3-7,14H,2,8-12H2,1H3,(H,21,22). The molecule has 0 aromatic heterocycles. The summed E-state index contributed by atoms with van der Waals surface area (Å²) in [4.78, 5) is 38.5. The number of nitrogens with zero attached hydrogens (tertiary/aromatic N) is 2. The van der Waals surface area contributed by atoms with Crippen molar-refractivity contribution >= 4 is 17.8 Å². The zero-order chi connectivity index (χ0) is 16.8. The number of carbonyl (C=O) groups is 3. The van der Waals surface area contributed by atoms with Crippen molar-refractivity contribution in [2.75, 3.05) is 19.6 Å². The Morgan fingerprint density at radius 3 is 2.61 bits per heavy atom. The Kier molecular flexibility index (Phi) is 5.73. The zero-order valence-corrected chi connectivity index (χ0v) is 13.3. The van der Waals surface area contributed by atoms with Crippen molar-refractivity contribution in [3.05, 3.63) is 35.9 Å². The second kappa shape index (κ2) is 7.76. The van der Waals surface area contributed by atoms with Gasteiger partial charge < -0.3 is 14.9 Å². The maximum Gasteiger partial charge on any atom is 0.323 e. The van der Waals surface area contributed by atoms with Crippen LogP contribution in [0.15, 0.2) is 30.3 Å². The lowest BCUT2D eigenvalue weighted by molar-refractivity contribution is -0.146. The highest BCUT2D eigenvalue weighted by atomic mass is 16.4. The van der Waals surface area contributed by atoms with E-state index in [9.17, 15) is 14.4 Å². The van der Waals surface area contributed by atoms with E-state index >= 15 is 0 Å². The number of carboxylic acid groups (broad SMARTS) is 1. The first-order valence-electron chi connectivity index (χ1n) is 7.83. The number of amides is 2. The molecule has 0 aliphatic carbocycles. The van der Waals surface area contributed by atoms with Crippen molar-refractivity contribution in [3.8, 4) is 0 Å². The summed E-state index contributed by atoms with van der Waals surface area (Å²) >= 11 is 0. The molecule has 1 unspecified atom stereocenters. The first-order chi connectivity index (χ1) is 11.0. The van der Waals surface area contributed by atoms with Gasteiger partial charge in [-0.05, 0) is 12.0 Å². The normalized spacial score (nSPS) is 17.3. The van der Waals surface area contributed by atoms with Crippen LogP contribution < -0.4 is 0 Å². The second-order valence-corrected chi connectivity index (χ2v) is 5.81. The molecule has 2 rings (SSSR count). The summed E-state index contributed by atoms with van der Waals surface area (Å²) in [5.74, 6) is -1.77. The van der Waals surface area contributed by atoms with E-state index in [2.05, 4.69) is 0 Å². The van der Waals surface area contributed by atoms with Gasteiger partial charge in [-0.1, -0.05) is 37.3 Å². The molecule has 1 aromatic carbocycles. The van der Waals surface area contributed by atoms with E-state index in [0.29, 0.717) is 26.1 Å². The molecule has 1 aliphatic rings. The molecule has 0 spiro atoms. The molecule has 1 aromatic rings. The maximum absolute atomic E-state index is 12.5. The van der Waals surface area contributed by atoms with Gasteiger partial charge >= 0.3 is 5.97 Å². The molecule has 23 heavy (non-hydrogen) atoms. The molecule has 0 bridgehead atoms. The van der Waals surface area contributed by atoms with Gasteiger partial charge in [0.2, 0.25) is 11.8 Å². The Balaban J connectivity index is 2.00. The summed E-state index contributed by atoms with van der Waals surface area (Å²) in [5, 5.41) is 8.93. The molecule has 1 saturated heterocycles. The van der Waals surface area contributed by atoms with Crippen LogP contribution in [0.3, 0.4) is 0 Å². The van der Waals surface area contributed by atoms with Crippen LogP contribution >= 0.6 is 0 Å². The lowest BCUT2D eigenvalue weighted by atomic mass is 10.1. The molecule has 0 saturated carbocycles. The number of hydrogen-bond donors (Lipinski definition) is 1. The smallest absolute Gasteiger partial charge is 0.323 e. The van der Waals surface area contributed by atoms with E-state index in [0.717, 1.165) is 5.56 Å². The molecular weight excluding hydrogens is 296 g/mol. The van der Waals surface area contributed by atoms with Crippen LogP contribution in [-0.4, -0.2) is 52.3 Å². The molecule has 2 amide bonds. The number of rotatable bonds is 7. The predicted molar refractivity (Wildman–Crippen MR) is 84.5 cm³/mol.